The number of pyridine rings is 1. The Morgan fingerprint density at radius 2 is 2.12 bits per heavy atom. The molecule has 0 unspecified atom stereocenters. The highest BCUT2D eigenvalue weighted by molar-refractivity contribution is 6.35. The third kappa shape index (κ3) is 1.38. The van der Waals surface area contributed by atoms with Crippen LogP contribution in [0.15, 0.2) is 36.7 Å². The van der Waals surface area contributed by atoms with E-state index in [0.29, 0.717) is 10.7 Å². The van der Waals surface area contributed by atoms with Crippen LogP contribution in [-0.4, -0.2) is 20.5 Å². The summed E-state index contributed by atoms with van der Waals surface area (Å²) < 4.78 is 1.54. The van der Waals surface area contributed by atoms with Gasteiger partial charge in [0.15, 0.2) is 5.69 Å². The molecule has 2 heterocycles. The molecule has 0 amide bonds. The largest absolute Gasteiger partial charge is 0.477 e. The number of benzene rings is 1. The van der Waals surface area contributed by atoms with Crippen LogP contribution in [-0.2, 0) is 0 Å². The average Bonchev–Trinajstić information content (AvgIpc) is 2.73. The first-order valence-corrected chi connectivity index (χ1v) is 5.34. The number of carboxylic acid groups (broad SMARTS) is 1. The Kier molecular flexibility index (Phi) is 2.06. The topological polar surface area (TPSA) is 54.6 Å². The maximum absolute atomic E-state index is 11.0. The van der Waals surface area contributed by atoms with Crippen LogP contribution in [0.2, 0.25) is 5.02 Å². The SMILES string of the molecule is O=C(O)c1cnc2c3cccc(Cl)c3ccn12. The highest BCUT2D eigenvalue weighted by Gasteiger charge is 2.12. The molecule has 1 aromatic carbocycles. The zero-order chi connectivity index (χ0) is 12.0. The molecule has 84 valence electrons. The number of rotatable bonds is 1. The molecule has 4 nitrogen and oxygen atoms in total. The van der Waals surface area contributed by atoms with Gasteiger partial charge in [-0.15, -0.1) is 0 Å². The molecule has 0 atom stereocenters. The molecule has 1 N–H and O–H groups in total. The average molecular weight is 247 g/mol. The fraction of sp³-hybridized carbons (Fsp3) is 0. The molecular formula is C12H7ClN2O2. The zero-order valence-electron chi connectivity index (χ0n) is 8.59. The predicted octanol–water partition coefficient (Wildman–Crippen LogP) is 2.84. The summed E-state index contributed by atoms with van der Waals surface area (Å²) in [6.45, 7) is 0. The van der Waals surface area contributed by atoms with Gasteiger partial charge in [0.25, 0.3) is 0 Å². The Morgan fingerprint density at radius 1 is 1.29 bits per heavy atom. The van der Waals surface area contributed by atoms with E-state index in [1.54, 1.807) is 22.7 Å². The normalized spacial score (nSPS) is 11.1. The second kappa shape index (κ2) is 3.46. The Bertz CT molecular complexity index is 749. The Hall–Kier alpha value is -2.07. The third-order valence-electron chi connectivity index (χ3n) is 2.70. The molecular weight excluding hydrogens is 240 g/mol. The number of fused-ring (bicyclic) bond motifs is 3. The maximum atomic E-state index is 11.0. The Morgan fingerprint density at radius 3 is 2.88 bits per heavy atom. The van der Waals surface area contributed by atoms with Gasteiger partial charge in [0.2, 0.25) is 0 Å². The number of nitrogens with zero attached hydrogens (tertiary/aromatic N) is 2. The first kappa shape index (κ1) is 10.1. The highest BCUT2D eigenvalue weighted by Crippen LogP contribution is 2.26. The quantitative estimate of drug-likeness (QED) is 0.718. The minimum absolute atomic E-state index is 0.141. The second-order valence-corrected chi connectivity index (χ2v) is 4.07. The molecule has 0 spiro atoms. The van der Waals surface area contributed by atoms with Crippen molar-refractivity contribution in [2.24, 2.45) is 0 Å². The molecule has 0 saturated carbocycles. The smallest absolute Gasteiger partial charge is 0.354 e. The van der Waals surface area contributed by atoms with E-state index in [1.165, 1.54) is 6.20 Å². The molecule has 0 saturated heterocycles. The third-order valence-corrected chi connectivity index (χ3v) is 3.03. The van der Waals surface area contributed by atoms with Crippen molar-refractivity contribution in [2.75, 3.05) is 0 Å². The maximum Gasteiger partial charge on any atom is 0.354 e. The minimum atomic E-state index is -1.00. The lowest BCUT2D eigenvalue weighted by atomic mass is 10.2. The zero-order valence-corrected chi connectivity index (χ0v) is 9.35. The summed E-state index contributed by atoms with van der Waals surface area (Å²) in [5.74, 6) is -1.00. The van der Waals surface area contributed by atoms with Gasteiger partial charge < -0.3 is 5.11 Å². The van der Waals surface area contributed by atoms with Crippen molar-refractivity contribution in [1.29, 1.82) is 0 Å². The van der Waals surface area contributed by atoms with Crippen LogP contribution in [0.4, 0.5) is 0 Å². The molecule has 0 bridgehead atoms. The van der Waals surface area contributed by atoms with Crippen molar-refractivity contribution in [3.63, 3.8) is 0 Å². The van der Waals surface area contributed by atoms with Gasteiger partial charge in [-0.1, -0.05) is 23.7 Å². The number of hydrogen-bond donors (Lipinski definition) is 1. The molecule has 3 aromatic rings. The summed E-state index contributed by atoms with van der Waals surface area (Å²) in [7, 11) is 0. The van der Waals surface area contributed by atoms with E-state index in [0.717, 1.165) is 10.8 Å². The molecule has 0 aliphatic carbocycles. The van der Waals surface area contributed by atoms with Crippen LogP contribution in [0.1, 0.15) is 10.5 Å². The van der Waals surface area contributed by atoms with E-state index >= 15 is 0 Å². The van der Waals surface area contributed by atoms with E-state index in [-0.39, 0.29) is 5.69 Å². The van der Waals surface area contributed by atoms with Crippen molar-refractivity contribution in [2.45, 2.75) is 0 Å². The molecule has 3 rings (SSSR count). The molecule has 5 heteroatoms. The number of imidazole rings is 1. The first-order valence-electron chi connectivity index (χ1n) is 4.96. The monoisotopic (exact) mass is 246 g/mol. The van der Waals surface area contributed by atoms with Gasteiger partial charge in [-0.3, -0.25) is 4.40 Å². The molecule has 17 heavy (non-hydrogen) atoms. The fourth-order valence-corrected chi connectivity index (χ4v) is 2.16. The van der Waals surface area contributed by atoms with E-state index in [9.17, 15) is 4.79 Å². The van der Waals surface area contributed by atoms with Crippen LogP contribution < -0.4 is 0 Å². The highest BCUT2D eigenvalue weighted by atomic mass is 35.5. The van der Waals surface area contributed by atoms with Crippen molar-refractivity contribution in [1.82, 2.24) is 9.38 Å². The van der Waals surface area contributed by atoms with E-state index in [4.69, 9.17) is 16.7 Å². The summed E-state index contributed by atoms with van der Waals surface area (Å²) in [6.07, 6.45) is 3.01. The lowest BCUT2D eigenvalue weighted by Gasteiger charge is -2.03. The molecule has 2 aromatic heterocycles. The summed E-state index contributed by atoms with van der Waals surface area (Å²) in [4.78, 5) is 15.1. The number of carbonyl (C=O) groups is 1. The second-order valence-electron chi connectivity index (χ2n) is 3.66. The summed E-state index contributed by atoms with van der Waals surface area (Å²) in [6, 6.07) is 7.27. The predicted molar refractivity (Wildman–Crippen MR) is 64.7 cm³/mol. The van der Waals surface area contributed by atoms with Crippen molar-refractivity contribution in [3.05, 3.63) is 47.4 Å². The number of aromatic nitrogens is 2. The van der Waals surface area contributed by atoms with Crippen molar-refractivity contribution >= 4 is 34.0 Å². The summed E-state index contributed by atoms with van der Waals surface area (Å²) >= 11 is 6.07. The first-order chi connectivity index (χ1) is 8.18. The van der Waals surface area contributed by atoms with E-state index in [1.807, 2.05) is 12.1 Å². The van der Waals surface area contributed by atoms with Gasteiger partial charge in [0.05, 0.1) is 6.20 Å². The van der Waals surface area contributed by atoms with Gasteiger partial charge in [-0.05, 0) is 12.1 Å². The van der Waals surface area contributed by atoms with Crippen LogP contribution in [0.5, 0.6) is 0 Å². The lowest BCUT2D eigenvalue weighted by molar-refractivity contribution is 0.0689. The number of halogens is 1. The summed E-state index contributed by atoms with van der Waals surface area (Å²) in [5.41, 5.74) is 0.740. The van der Waals surface area contributed by atoms with Gasteiger partial charge >= 0.3 is 5.97 Å². The van der Waals surface area contributed by atoms with Gasteiger partial charge in [-0.2, -0.15) is 0 Å². The lowest BCUT2D eigenvalue weighted by Crippen LogP contribution is -2.01. The fourth-order valence-electron chi connectivity index (χ4n) is 1.92. The molecule has 0 aliphatic rings. The van der Waals surface area contributed by atoms with Crippen LogP contribution >= 0.6 is 11.6 Å². The standard InChI is InChI=1S/C12H7ClN2O2/c13-9-3-1-2-8-7(9)4-5-15-10(12(16)17)6-14-11(8)15/h1-6H,(H,16,17). The summed E-state index contributed by atoms with van der Waals surface area (Å²) in [5, 5.41) is 11.3. The minimum Gasteiger partial charge on any atom is -0.477 e. The Balaban J connectivity index is 2.50. The number of carboxylic acids is 1. The number of aromatic carboxylic acids is 1. The van der Waals surface area contributed by atoms with Crippen LogP contribution in [0, 0.1) is 0 Å². The number of hydrogen-bond acceptors (Lipinski definition) is 2. The molecule has 0 aliphatic heterocycles. The molecule has 0 radical (unpaired) electrons. The van der Waals surface area contributed by atoms with E-state index in [2.05, 4.69) is 4.98 Å². The van der Waals surface area contributed by atoms with E-state index < -0.39 is 5.97 Å². The van der Waals surface area contributed by atoms with Gasteiger partial charge in [0, 0.05) is 22.0 Å². The van der Waals surface area contributed by atoms with Crippen LogP contribution in [0.25, 0.3) is 16.4 Å². The Labute approximate surface area is 101 Å². The van der Waals surface area contributed by atoms with Gasteiger partial charge in [0.1, 0.15) is 5.65 Å². The molecule has 0 fully saturated rings. The van der Waals surface area contributed by atoms with Gasteiger partial charge in [-0.25, -0.2) is 9.78 Å². The van der Waals surface area contributed by atoms with Crippen molar-refractivity contribution < 1.29 is 9.90 Å². The van der Waals surface area contributed by atoms with Crippen LogP contribution in [0.3, 0.4) is 0 Å². The van der Waals surface area contributed by atoms with Crippen molar-refractivity contribution in [3.8, 4) is 0 Å².